The van der Waals surface area contributed by atoms with E-state index in [9.17, 15) is 4.79 Å². The number of carbonyl (C=O) groups is 1. The number of carbonyl (C=O) groups excluding carboxylic acids is 1. The van der Waals surface area contributed by atoms with E-state index >= 15 is 0 Å². The van der Waals surface area contributed by atoms with Crippen LogP contribution in [0.3, 0.4) is 0 Å². The molecule has 6 N–H and O–H groups in total. The fraction of sp³-hybridized carbons (Fsp3) is 0.444. The number of benzene rings is 1. The molecule has 0 radical (unpaired) electrons. The minimum Gasteiger partial charge on any atom is -0.444 e. The average Bonchev–Trinajstić information content (AvgIpc) is 2.69. The van der Waals surface area contributed by atoms with Crippen LogP contribution in [0.4, 0.5) is 16.3 Å². The Bertz CT molecular complexity index is 1090. The van der Waals surface area contributed by atoms with E-state index in [0.717, 1.165) is 16.8 Å². The molecule has 0 aliphatic rings. The van der Waals surface area contributed by atoms with Gasteiger partial charge in [0.25, 0.3) is 0 Å². The highest BCUT2D eigenvalue weighted by molar-refractivity contribution is 5.94. The molecule has 0 aliphatic heterocycles. The number of amides is 1. The van der Waals surface area contributed by atoms with Gasteiger partial charge in [-0.3, -0.25) is 5.32 Å². The maximum absolute atomic E-state index is 12.0. The molecule has 1 aromatic heterocycles. The molecule has 1 unspecified atom stereocenters. The summed E-state index contributed by atoms with van der Waals surface area (Å²) >= 11 is 0. The van der Waals surface area contributed by atoms with E-state index in [1.807, 2.05) is 36.4 Å². The lowest BCUT2D eigenvalue weighted by Crippen LogP contribution is -2.37. The molecule has 190 valence electrons. The first kappa shape index (κ1) is 27.9. The number of hydrogen-bond donors (Lipinski definition) is 4. The molecule has 0 aliphatic carbocycles. The van der Waals surface area contributed by atoms with Crippen LogP contribution in [0.15, 0.2) is 53.2 Å². The van der Waals surface area contributed by atoms with Gasteiger partial charge in [-0.15, -0.1) is 0 Å². The van der Waals surface area contributed by atoms with Crippen LogP contribution in [-0.2, 0) is 11.3 Å². The Morgan fingerprint density at radius 3 is 2.46 bits per heavy atom. The van der Waals surface area contributed by atoms with Crippen LogP contribution in [0.25, 0.3) is 11.3 Å². The number of allylic oxidation sites excluding steroid dienone is 1. The Morgan fingerprint density at radius 1 is 1.17 bits per heavy atom. The maximum atomic E-state index is 12.0. The van der Waals surface area contributed by atoms with E-state index in [-0.39, 0.29) is 11.3 Å². The summed E-state index contributed by atoms with van der Waals surface area (Å²) in [6.45, 7) is 16.5. The molecule has 1 atom stereocenters. The number of nitrogens with zero attached hydrogens (tertiary/aromatic N) is 2. The second-order valence-electron chi connectivity index (χ2n) is 10.8. The average molecular weight is 481 g/mol. The van der Waals surface area contributed by atoms with Gasteiger partial charge in [-0.05, 0) is 75.9 Å². The number of hydrogen-bond acceptors (Lipinski definition) is 6. The van der Waals surface area contributed by atoms with Gasteiger partial charge in [0, 0.05) is 29.5 Å². The number of nitrogens with two attached hydrogens (primary N) is 2. The molecular formula is C27H40N6O2. The number of rotatable bonds is 7. The van der Waals surface area contributed by atoms with Crippen molar-refractivity contribution in [3.63, 3.8) is 0 Å². The molecular weight excluding hydrogens is 440 g/mol. The smallest absolute Gasteiger partial charge is 0.411 e. The quantitative estimate of drug-likeness (QED) is 0.243. The number of anilines is 1. The van der Waals surface area contributed by atoms with Crippen LogP contribution in [0.2, 0.25) is 0 Å². The van der Waals surface area contributed by atoms with Crippen LogP contribution in [0.1, 0.15) is 61.0 Å². The Kier molecular flexibility index (Phi) is 9.04. The van der Waals surface area contributed by atoms with Crippen molar-refractivity contribution in [1.82, 2.24) is 15.6 Å². The van der Waals surface area contributed by atoms with Crippen molar-refractivity contribution in [3.8, 4) is 11.3 Å². The Labute approximate surface area is 209 Å². The second-order valence-corrected chi connectivity index (χ2v) is 10.8. The molecule has 8 heteroatoms. The lowest BCUT2D eigenvalue weighted by atomic mass is 9.88. The highest BCUT2D eigenvalue weighted by atomic mass is 16.6. The molecule has 0 bridgehead atoms. The van der Waals surface area contributed by atoms with Crippen molar-refractivity contribution in [3.05, 3.63) is 53.7 Å². The molecule has 1 aromatic carbocycles. The first-order chi connectivity index (χ1) is 16.1. The number of aliphatic imine (C=N–C) groups is 1. The van der Waals surface area contributed by atoms with Gasteiger partial charge in [-0.2, -0.15) is 0 Å². The third-order valence-corrected chi connectivity index (χ3v) is 5.27. The van der Waals surface area contributed by atoms with E-state index in [1.54, 1.807) is 33.8 Å². The topological polar surface area (TPSA) is 128 Å². The van der Waals surface area contributed by atoms with E-state index in [4.69, 9.17) is 16.2 Å². The maximum Gasteiger partial charge on any atom is 0.411 e. The molecule has 8 nitrogen and oxygen atoms in total. The zero-order valence-corrected chi connectivity index (χ0v) is 22.2. The lowest BCUT2D eigenvalue weighted by Gasteiger charge is -2.28. The molecule has 1 amide bonds. The summed E-state index contributed by atoms with van der Waals surface area (Å²) in [5.74, 6) is 0.668. The Hall–Kier alpha value is -3.39. The minimum absolute atomic E-state index is 0.124. The highest BCUT2D eigenvalue weighted by Gasteiger charge is 2.19. The molecule has 35 heavy (non-hydrogen) atoms. The number of pyridine rings is 1. The van der Waals surface area contributed by atoms with E-state index < -0.39 is 11.7 Å². The van der Waals surface area contributed by atoms with Crippen molar-refractivity contribution >= 4 is 23.4 Å². The number of nitrogens with one attached hydrogen (secondary N) is 2. The molecule has 0 saturated heterocycles. The molecule has 0 spiro atoms. The number of nitrogen functional groups attached to an aromatic ring is 1. The van der Waals surface area contributed by atoms with Gasteiger partial charge in [-0.25, -0.2) is 14.8 Å². The summed E-state index contributed by atoms with van der Waals surface area (Å²) < 4.78 is 5.27. The molecule has 2 aromatic rings. The van der Waals surface area contributed by atoms with Crippen LogP contribution in [-0.4, -0.2) is 28.6 Å². The van der Waals surface area contributed by atoms with Gasteiger partial charge < -0.3 is 21.5 Å². The summed E-state index contributed by atoms with van der Waals surface area (Å²) in [6, 6.07) is 11.8. The van der Waals surface area contributed by atoms with Crippen LogP contribution < -0.4 is 22.1 Å². The summed E-state index contributed by atoms with van der Waals surface area (Å²) in [5, 5.41) is 6.23. The fourth-order valence-electron chi connectivity index (χ4n) is 3.04. The van der Waals surface area contributed by atoms with Crippen molar-refractivity contribution < 1.29 is 9.53 Å². The lowest BCUT2D eigenvalue weighted by molar-refractivity contribution is 0.0546. The summed E-state index contributed by atoms with van der Waals surface area (Å²) in [6.07, 6.45) is 1.01. The van der Waals surface area contributed by atoms with E-state index in [2.05, 4.69) is 48.3 Å². The van der Waals surface area contributed by atoms with Crippen LogP contribution in [0.5, 0.6) is 0 Å². The summed E-state index contributed by atoms with van der Waals surface area (Å²) in [5.41, 5.74) is 15.5. The van der Waals surface area contributed by atoms with Crippen LogP contribution >= 0.6 is 0 Å². The van der Waals surface area contributed by atoms with Crippen molar-refractivity contribution in [2.75, 3.05) is 5.73 Å². The van der Waals surface area contributed by atoms with Crippen molar-refractivity contribution in [1.29, 1.82) is 0 Å². The second kappa shape index (κ2) is 11.4. The number of aromatic nitrogens is 1. The van der Waals surface area contributed by atoms with Gasteiger partial charge >= 0.3 is 6.09 Å². The number of amidine groups is 1. The van der Waals surface area contributed by atoms with Crippen molar-refractivity contribution in [2.24, 2.45) is 16.1 Å². The molecule has 2 rings (SSSR count). The van der Waals surface area contributed by atoms with E-state index in [0.29, 0.717) is 29.8 Å². The first-order valence-electron chi connectivity index (χ1n) is 11.7. The molecule has 0 saturated carbocycles. The third-order valence-electron chi connectivity index (χ3n) is 5.27. The van der Waals surface area contributed by atoms with E-state index in [1.165, 1.54) is 0 Å². The van der Waals surface area contributed by atoms with Gasteiger partial charge in [0.05, 0.1) is 5.69 Å². The van der Waals surface area contributed by atoms with Gasteiger partial charge in [0.2, 0.25) is 0 Å². The molecule has 0 fully saturated rings. The Morgan fingerprint density at radius 2 is 1.86 bits per heavy atom. The zero-order chi connectivity index (χ0) is 26.4. The van der Waals surface area contributed by atoms with Gasteiger partial charge in [0.15, 0.2) is 5.82 Å². The normalized spacial score (nSPS) is 13.9. The third kappa shape index (κ3) is 9.78. The van der Waals surface area contributed by atoms with Gasteiger partial charge in [0.1, 0.15) is 11.4 Å². The van der Waals surface area contributed by atoms with Crippen molar-refractivity contribution in [2.45, 2.75) is 73.6 Å². The van der Waals surface area contributed by atoms with Crippen LogP contribution in [0, 0.1) is 5.41 Å². The standard InChI is InChI=1S/C27H40N6O2/c1-17(31-25(34)35-27(6,7)8)12-23(29)33-24-14-19(16-30-18(2)26(3,4)5)13-22(32-24)20-10-9-11-21(28)15-20/h9-15,18,30H,16,28H2,1-8H3,(H,31,34)(H2,29,32,33)/b17-12-. The fourth-order valence-corrected chi connectivity index (χ4v) is 3.04. The largest absolute Gasteiger partial charge is 0.444 e. The molecule has 1 heterocycles. The predicted octanol–water partition coefficient (Wildman–Crippen LogP) is 5.27. The monoisotopic (exact) mass is 480 g/mol. The SMILES string of the molecule is C/C(=C/C(N)=Nc1cc(CNC(C)C(C)(C)C)cc(-c2cccc(N)c2)n1)NC(=O)OC(C)(C)C. The van der Waals surface area contributed by atoms with Gasteiger partial charge in [-0.1, -0.05) is 32.9 Å². The predicted molar refractivity (Wildman–Crippen MR) is 144 cm³/mol. The number of alkyl carbamates (subject to hydrolysis) is 1. The Balaban J connectivity index is 2.34. The minimum atomic E-state index is -0.593. The number of ether oxygens (including phenoxy) is 1. The highest BCUT2D eigenvalue weighted by Crippen LogP contribution is 2.25. The summed E-state index contributed by atoms with van der Waals surface area (Å²) in [4.78, 5) is 21.2. The first-order valence-corrected chi connectivity index (χ1v) is 11.7. The zero-order valence-electron chi connectivity index (χ0n) is 22.2. The summed E-state index contributed by atoms with van der Waals surface area (Å²) in [7, 11) is 0.